The fraction of sp³-hybridized carbons (Fsp3) is 0.481. The number of fused-ring (bicyclic) bond motifs is 1. The minimum atomic E-state index is -0.417. The third kappa shape index (κ3) is 4.15. The summed E-state index contributed by atoms with van der Waals surface area (Å²) in [6.07, 6.45) is 2.54. The normalized spacial score (nSPS) is 20.7. The molecule has 2 fully saturated rings. The van der Waals surface area contributed by atoms with Crippen LogP contribution in [0, 0.1) is 11.2 Å². The standard InChI is InChI=1S/C27H33FN4O4/c1-17-13-20-21(28)14-22(34-3)25(35-4)23(20)24(30-32(17)26(33)29-2)18-5-7-19(8-6-18)31-11-9-27(10-12-31)15-36-16-27/h5-8,14,17H,9-13,15-16H2,1-4H3,(H,29,33). The Morgan fingerprint density at radius 1 is 1.17 bits per heavy atom. The van der Waals surface area contributed by atoms with Crippen molar-refractivity contribution in [2.75, 3.05) is 52.5 Å². The first-order chi connectivity index (χ1) is 17.4. The first kappa shape index (κ1) is 24.4. The number of amides is 2. The molecular formula is C27H33FN4O4. The van der Waals surface area contributed by atoms with Crippen molar-refractivity contribution in [1.29, 1.82) is 0 Å². The summed E-state index contributed by atoms with van der Waals surface area (Å²) >= 11 is 0. The number of methoxy groups -OCH3 is 2. The summed E-state index contributed by atoms with van der Waals surface area (Å²) in [5, 5.41) is 8.77. The Morgan fingerprint density at radius 2 is 1.86 bits per heavy atom. The van der Waals surface area contributed by atoms with Crippen LogP contribution < -0.4 is 19.7 Å². The van der Waals surface area contributed by atoms with Crippen molar-refractivity contribution in [3.8, 4) is 11.5 Å². The Bertz CT molecular complexity index is 1170. The Balaban J connectivity index is 1.56. The third-order valence-corrected chi connectivity index (χ3v) is 7.65. The van der Waals surface area contributed by atoms with Crippen molar-refractivity contribution < 1.29 is 23.4 Å². The first-order valence-corrected chi connectivity index (χ1v) is 12.4. The Hall–Kier alpha value is -3.33. The number of halogens is 1. The molecule has 9 heteroatoms. The highest BCUT2D eigenvalue weighted by molar-refractivity contribution is 6.16. The molecule has 1 spiro atoms. The number of nitrogens with zero attached hydrogens (tertiary/aromatic N) is 3. The van der Waals surface area contributed by atoms with Gasteiger partial charge in [0.25, 0.3) is 0 Å². The topological polar surface area (TPSA) is 75.6 Å². The van der Waals surface area contributed by atoms with E-state index in [-0.39, 0.29) is 24.2 Å². The second-order valence-corrected chi connectivity index (χ2v) is 9.88. The van der Waals surface area contributed by atoms with Crippen LogP contribution in [-0.2, 0) is 11.2 Å². The van der Waals surface area contributed by atoms with Crippen molar-refractivity contribution >= 4 is 17.4 Å². The molecule has 8 nitrogen and oxygen atoms in total. The molecular weight excluding hydrogens is 463 g/mol. The molecule has 3 heterocycles. The highest BCUT2D eigenvalue weighted by Gasteiger charge is 2.41. The van der Waals surface area contributed by atoms with Gasteiger partial charge in [0.2, 0.25) is 0 Å². The van der Waals surface area contributed by atoms with E-state index in [1.165, 1.54) is 25.3 Å². The van der Waals surface area contributed by atoms with Crippen LogP contribution in [-0.4, -0.2) is 70.4 Å². The predicted molar refractivity (Wildman–Crippen MR) is 136 cm³/mol. The van der Waals surface area contributed by atoms with Crippen LogP contribution in [0.2, 0.25) is 0 Å². The summed E-state index contributed by atoms with van der Waals surface area (Å²) in [6.45, 7) is 5.58. The molecule has 1 N–H and O–H groups in total. The number of anilines is 1. The second-order valence-electron chi connectivity index (χ2n) is 9.88. The lowest BCUT2D eigenvalue weighted by Gasteiger charge is -2.47. The van der Waals surface area contributed by atoms with E-state index >= 15 is 4.39 Å². The number of benzene rings is 2. The van der Waals surface area contributed by atoms with Gasteiger partial charge in [0, 0.05) is 48.4 Å². The maximum absolute atomic E-state index is 15.4. The Labute approximate surface area is 211 Å². The Kier molecular flexibility index (Phi) is 6.51. The van der Waals surface area contributed by atoms with Crippen molar-refractivity contribution in [1.82, 2.24) is 10.3 Å². The fourth-order valence-corrected chi connectivity index (χ4v) is 5.40. The smallest absolute Gasteiger partial charge is 0.337 e. The zero-order chi connectivity index (χ0) is 25.4. The molecule has 0 bridgehead atoms. The van der Waals surface area contributed by atoms with Crippen molar-refractivity contribution in [3.63, 3.8) is 0 Å². The van der Waals surface area contributed by atoms with Crippen molar-refractivity contribution in [3.05, 3.63) is 52.8 Å². The second kappa shape index (κ2) is 9.61. The monoisotopic (exact) mass is 496 g/mol. The molecule has 2 aromatic rings. The van der Waals surface area contributed by atoms with Gasteiger partial charge in [-0.2, -0.15) is 5.10 Å². The first-order valence-electron chi connectivity index (χ1n) is 12.4. The fourth-order valence-electron chi connectivity index (χ4n) is 5.40. The van der Waals surface area contributed by atoms with E-state index in [2.05, 4.69) is 22.3 Å². The number of piperidine rings is 1. The zero-order valence-electron chi connectivity index (χ0n) is 21.3. The minimum Gasteiger partial charge on any atom is -0.493 e. The number of hydrazone groups is 1. The third-order valence-electron chi connectivity index (χ3n) is 7.65. The van der Waals surface area contributed by atoms with Gasteiger partial charge in [-0.1, -0.05) is 12.1 Å². The molecule has 3 aliphatic rings. The van der Waals surface area contributed by atoms with Crippen molar-refractivity contribution in [2.45, 2.75) is 32.2 Å². The maximum atomic E-state index is 15.4. The lowest BCUT2D eigenvalue weighted by Crippen LogP contribution is -2.50. The summed E-state index contributed by atoms with van der Waals surface area (Å²) in [5.74, 6) is 0.257. The predicted octanol–water partition coefficient (Wildman–Crippen LogP) is 3.80. The maximum Gasteiger partial charge on any atom is 0.337 e. The molecule has 0 aliphatic carbocycles. The van der Waals surface area contributed by atoms with E-state index in [1.54, 1.807) is 7.05 Å². The number of ether oxygens (including phenoxy) is 3. The molecule has 36 heavy (non-hydrogen) atoms. The van der Waals surface area contributed by atoms with Crippen LogP contribution in [0.1, 0.15) is 36.5 Å². The van der Waals surface area contributed by atoms with E-state index in [1.807, 2.05) is 19.1 Å². The molecule has 2 amide bonds. The van der Waals surface area contributed by atoms with Gasteiger partial charge in [0.15, 0.2) is 11.5 Å². The van der Waals surface area contributed by atoms with Gasteiger partial charge in [-0.3, -0.25) is 0 Å². The molecule has 0 aromatic heterocycles. The van der Waals surface area contributed by atoms with Crippen molar-refractivity contribution in [2.24, 2.45) is 10.5 Å². The van der Waals surface area contributed by atoms with E-state index in [4.69, 9.17) is 19.3 Å². The lowest BCUT2D eigenvalue weighted by molar-refractivity contribution is -0.124. The summed E-state index contributed by atoms with van der Waals surface area (Å²) in [7, 11) is 4.56. The van der Waals surface area contributed by atoms with E-state index in [9.17, 15) is 4.79 Å². The number of rotatable bonds is 4. The van der Waals surface area contributed by atoms with Gasteiger partial charge in [0.1, 0.15) is 11.5 Å². The molecule has 2 aromatic carbocycles. The van der Waals surface area contributed by atoms with E-state index < -0.39 is 5.82 Å². The van der Waals surface area contributed by atoms with Gasteiger partial charge in [0.05, 0.1) is 39.0 Å². The highest BCUT2D eigenvalue weighted by Crippen LogP contribution is 2.41. The lowest BCUT2D eigenvalue weighted by atomic mass is 9.77. The molecule has 0 saturated carbocycles. The van der Waals surface area contributed by atoms with Crippen LogP contribution in [0.4, 0.5) is 14.9 Å². The summed E-state index contributed by atoms with van der Waals surface area (Å²) in [4.78, 5) is 15.1. The van der Waals surface area contributed by atoms with Gasteiger partial charge in [-0.25, -0.2) is 14.2 Å². The average molecular weight is 497 g/mol. The van der Waals surface area contributed by atoms with Crippen LogP contribution in [0.5, 0.6) is 11.5 Å². The SMILES string of the molecule is CNC(=O)N1N=C(c2ccc(N3CCC4(CC3)COC4)cc2)c2c(c(F)cc(OC)c2OC)CC1C. The molecule has 5 rings (SSSR count). The van der Waals surface area contributed by atoms with E-state index in [0.717, 1.165) is 50.4 Å². The number of hydrogen-bond donors (Lipinski definition) is 1. The van der Waals surface area contributed by atoms with Gasteiger partial charge in [-0.15, -0.1) is 0 Å². The molecule has 1 atom stereocenters. The van der Waals surface area contributed by atoms with Crippen LogP contribution in [0.25, 0.3) is 0 Å². The van der Waals surface area contributed by atoms with Crippen LogP contribution >= 0.6 is 0 Å². The summed E-state index contributed by atoms with van der Waals surface area (Å²) in [5.41, 5.74) is 3.67. The van der Waals surface area contributed by atoms with Crippen LogP contribution in [0.15, 0.2) is 35.4 Å². The molecule has 0 radical (unpaired) electrons. The van der Waals surface area contributed by atoms with E-state index in [0.29, 0.717) is 28.0 Å². The molecule has 3 aliphatic heterocycles. The molecule has 2 saturated heterocycles. The summed E-state index contributed by atoms with van der Waals surface area (Å²) in [6, 6.07) is 8.68. The number of hydrogen-bond acceptors (Lipinski definition) is 6. The number of urea groups is 1. The Morgan fingerprint density at radius 3 is 2.42 bits per heavy atom. The minimum absolute atomic E-state index is 0.277. The molecule has 192 valence electrons. The number of nitrogens with one attached hydrogen (secondary N) is 1. The molecule has 1 unspecified atom stereocenters. The largest absolute Gasteiger partial charge is 0.493 e. The quantitative estimate of drug-likeness (QED) is 0.697. The van der Waals surface area contributed by atoms with Gasteiger partial charge >= 0.3 is 6.03 Å². The summed E-state index contributed by atoms with van der Waals surface area (Å²) < 4.78 is 31.9. The number of carbonyl (C=O) groups excluding carboxylic acids is 1. The van der Waals surface area contributed by atoms with Gasteiger partial charge < -0.3 is 24.4 Å². The highest BCUT2D eigenvalue weighted by atomic mass is 19.1. The zero-order valence-corrected chi connectivity index (χ0v) is 21.3. The van der Waals surface area contributed by atoms with Gasteiger partial charge in [-0.05, 0) is 38.3 Å². The number of carbonyl (C=O) groups is 1. The van der Waals surface area contributed by atoms with Crippen LogP contribution in [0.3, 0.4) is 0 Å². The average Bonchev–Trinajstić information content (AvgIpc) is 3.04.